The van der Waals surface area contributed by atoms with Gasteiger partial charge in [-0.2, -0.15) is 9.88 Å². The number of aromatic nitrogens is 2. The number of carbonyl (C=O) groups excluding carboxylic acids is 2. The van der Waals surface area contributed by atoms with Gasteiger partial charge >= 0.3 is 12.2 Å². The van der Waals surface area contributed by atoms with Gasteiger partial charge < -0.3 is 9.47 Å². The third kappa shape index (κ3) is 6.02. The van der Waals surface area contributed by atoms with Gasteiger partial charge in [-0.15, -0.1) is 0 Å². The third-order valence-corrected chi connectivity index (χ3v) is 2.46. The molecule has 0 saturated heterocycles. The van der Waals surface area contributed by atoms with Crippen molar-refractivity contribution in [2.24, 2.45) is 0 Å². The third-order valence-electron chi connectivity index (χ3n) is 2.28. The van der Waals surface area contributed by atoms with Crippen molar-refractivity contribution in [2.45, 2.75) is 59.7 Å². The fourth-order valence-electron chi connectivity index (χ4n) is 1.50. The Labute approximate surface area is 140 Å². The zero-order valence-electron chi connectivity index (χ0n) is 14.4. The van der Waals surface area contributed by atoms with Crippen LogP contribution >= 0.6 is 11.6 Å². The Kier molecular flexibility index (Phi) is 5.58. The number of hydrogen-bond acceptors (Lipinski definition) is 6. The van der Waals surface area contributed by atoms with Gasteiger partial charge in [0.15, 0.2) is 5.82 Å². The molecular formula is C15H22ClN3O4. The molecule has 1 aromatic rings. The summed E-state index contributed by atoms with van der Waals surface area (Å²) >= 11 is 5.78. The summed E-state index contributed by atoms with van der Waals surface area (Å²) in [5.41, 5.74) is -1.10. The first-order valence-corrected chi connectivity index (χ1v) is 7.43. The molecule has 0 spiro atoms. The van der Waals surface area contributed by atoms with E-state index < -0.39 is 23.4 Å². The number of aryl methyl sites for hydroxylation is 1. The van der Waals surface area contributed by atoms with Crippen molar-refractivity contribution in [2.75, 3.05) is 4.90 Å². The number of anilines is 1. The molecule has 0 aliphatic heterocycles. The van der Waals surface area contributed by atoms with Crippen LogP contribution in [0.4, 0.5) is 15.4 Å². The molecule has 0 aliphatic carbocycles. The lowest BCUT2D eigenvalue weighted by Crippen LogP contribution is -2.44. The van der Waals surface area contributed by atoms with E-state index in [1.54, 1.807) is 48.5 Å². The average molecular weight is 344 g/mol. The lowest BCUT2D eigenvalue weighted by Gasteiger charge is -2.28. The molecule has 0 bridgehead atoms. The molecule has 23 heavy (non-hydrogen) atoms. The highest BCUT2D eigenvalue weighted by atomic mass is 35.5. The van der Waals surface area contributed by atoms with Crippen molar-refractivity contribution in [3.05, 3.63) is 17.0 Å². The lowest BCUT2D eigenvalue weighted by atomic mass is 10.2. The van der Waals surface area contributed by atoms with Crippen LogP contribution in [0.2, 0.25) is 5.28 Å². The summed E-state index contributed by atoms with van der Waals surface area (Å²) in [6, 6.07) is 0. The maximum Gasteiger partial charge on any atom is 0.425 e. The minimum absolute atomic E-state index is 0.0218. The topological polar surface area (TPSA) is 81.6 Å². The average Bonchev–Trinajstić information content (AvgIpc) is 2.29. The van der Waals surface area contributed by atoms with Gasteiger partial charge in [0, 0.05) is 11.8 Å². The summed E-state index contributed by atoms with van der Waals surface area (Å²) in [6.45, 7) is 11.8. The van der Waals surface area contributed by atoms with E-state index in [0.717, 1.165) is 4.90 Å². The molecule has 128 valence electrons. The zero-order chi connectivity index (χ0) is 18.0. The Morgan fingerprint density at radius 2 is 1.48 bits per heavy atom. The van der Waals surface area contributed by atoms with Crippen molar-refractivity contribution >= 4 is 29.6 Å². The number of amides is 2. The number of imide groups is 1. The summed E-state index contributed by atoms with van der Waals surface area (Å²) in [5, 5.41) is -0.0947. The molecule has 0 fully saturated rings. The first-order valence-electron chi connectivity index (χ1n) is 7.05. The summed E-state index contributed by atoms with van der Waals surface area (Å²) in [7, 11) is 0. The van der Waals surface area contributed by atoms with Gasteiger partial charge in [0.25, 0.3) is 0 Å². The predicted octanol–water partition coefficient (Wildman–Crippen LogP) is 4.12. The molecule has 8 heteroatoms. The van der Waals surface area contributed by atoms with Gasteiger partial charge in [-0.05, 0) is 60.1 Å². The normalized spacial score (nSPS) is 11.8. The quantitative estimate of drug-likeness (QED) is 0.713. The number of halogens is 1. The first-order chi connectivity index (χ1) is 10.3. The van der Waals surface area contributed by atoms with E-state index in [9.17, 15) is 9.59 Å². The summed E-state index contributed by atoms with van der Waals surface area (Å²) in [6.07, 6.45) is -0.388. The molecule has 0 atom stereocenters. The van der Waals surface area contributed by atoms with Gasteiger partial charge in [-0.1, -0.05) is 0 Å². The number of ether oxygens (including phenoxy) is 2. The largest absolute Gasteiger partial charge is 0.443 e. The number of hydrogen-bond donors (Lipinski definition) is 0. The second kappa shape index (κ2) is 6.70. The Bertz CT molecular complexity index is 578. The van der Waals surface area contributed by atoms with Crippen molar-refractivity contribution < 1.29 is 19.1 Å². The molecule has 0 unspecified atom stereocenters. The van der Waals surface area contributed by atoms with Gasteiger partial charge in [-0.3, -0.25) is 0 Å². The van der Waals surface area contributed by atoms with E-state index in [0.29, 0.717) is 5.56 Å². The Hall–Kier alpha value is -1.89. The minimum atomic E-state index is -0.899. The van der Waals surface area contributed by atoms with Crippen molar-refractivity contribution in [3.8, 4) is 0 Å². The van der Waals surface area contributed by atoms with Crippen LogP contribution < -0.4 is 4.90 Å². The molecule has 1 aromatic heterocycles. The van der Waals surface area contributed by atoms with Crippen LogP contribution in [0.25, 0.3) is 0 Å². The Balaban J connectivity index is 3.28. The van der Waals surface area contributed by atoms with Crippen LogP contribution in [-0.2, 0) is 9.47 Å². The molecule has 2 amide bonds. The van der Waals surface area contributed by atoms with Gasteiger partial charge in [0.05, 0.1) is 0 Å². The maximum atomic E-state index is 12.4. The van der Waals surface area contributed by atoms with Crippen LogP contribution in [0.15, 0.2) is 6.20 Å². The van der Waals surface area contributed by atoms with Gasteiger partial charge in [0.2, 0.25) is 5.28 Å². The second-order valence-corrected chi connectivity index (χ2v) is 7.28. The van der Waals surface area contributed by atoms with E-state index in [1.165, 1.54) is 6.20 Å². The SMILES string of the molecule is Cc1cnc(Cl)nc1N(C(=O)OC(C)(C)C)C(=O)OC(C)(C)C. The maximum absolute atomic E-state index is 12.4. The predicted molar refractivity (Wildman–Crippen MR) is 86.7 cm³/mol. The van der Waals surface area contributed by atoms with Gasteiger partial charge in [0.1, 0.15) is 11.2 Å². The fraction of sp³-hybridized carbons (Fsp3) is 0.600. The molecule has 1 rings (SSSR count). The Morgan fingerprint density at radius 3 is 1.87 bits per heavy atom. The summed E-state index contributed by atoms with van der Waals surface area (Å²) in [4.78, 5) is 33.4. The molecule has 0 aliphatic rings. The highest BCUT2D eigenvalue weighted by molar-refractivity contribution is 6.28. The van der Waals surface area contributed by atoms with Crippen LogP contribution in [0, 0.1) is 6.92 Å². The second-order valence-electron chi connectivity index (χ2n) is 6.94. The Morgan fingerprint density at radius 1 is 1.04 bits per heavy atom. The van der Waals surface area contributed by atoms with Crippen LogP contribution in [0.3, 0.4) is 0 Å². The summed E-state index contributed by atoms with van der Waals surface area (Å²) < 4.78 is 10.5. The van der Waals surface area contributed by atoms with Crippen molar-refractivity contribution in [1.82, 2.24) is 9.97 Å². The smallest absolute Gasteiger partial charge is 0.425 e. The summed E-state index contributed by atoms with van der Waals surface area (Å²) in [5.74, 6) is 0.0218. The molecule has 0 N–H and O–H groups in total. The minimum Gasteiger partial charge on any atom is -0.443 e. The van der Waals surface area contributed by atoms with Crippen molar-refractivity contribution in [3.63, 3.8) is 0 Å². The van der Waals surface area contributed by atoms with Crippen LogP contribution in [0.5, 0.6) is 0 Å². The number of rotatable bonds is 1. The van der Waals surface area contributed by atoms with E-state index in [4.69, 9.17) is 21.1 Å². The molecule has 0 radical (unpaired) electrons. The molecule has 7 nitrogen and oxygen atoms in total. The van der Waals surface area contributed by atoms with E-state index in [1.807, 2.05) is 0 Å². The van der Waals surface area contributed by atoms with Crippen LogP contribution in [0.1, 0.15) is 47.1 Å². The van der Waals surface area contributed by atoms with Crippen LogP contribution in [-0.4, -0.2) is 33.4 Å². The van der Waals surface area contributed by atoms with E-state index in [2.05, 4.69) is 9.97 Å². The fourth-order valence-corrected chi connectivity index (χ4v) is 1.63. The molecule has 0 saturated carbocycles. The molecule has 0 aromatic carbocycles. The lowest BCUT2D eigenvalue weighted by molar-refractivity contribution is 0.0428. The standard InChI is InChI=1S/C15H22ClN3O4/c1-9-8-17-11(16)18-10(9)19(12(20)22-14(2,3)4)13(21)23-15(5,6)7/h8H,1-7H3. The molecule has 1 heterocycles. The monoisotopic (exact) mass is 343 g/mol. The first kappa shape index (κ1) is 19.2. The number of nitrogens with zero attached hydrogens (tertiary/aromatic N) is 3. The molecular weight excluding hydrogens is 322 g/mol. The number of carbonyl (C=O) groups is 2. The van der Waals surface area contributed by atoms with Crippen molar-refractivity contribution in [1.29, 1.82) is 0 Å². The van der Waals surface area contributed by atoms with Gasteiger partial charge in [-0.25, -0.2) is 14.6 Å². The highest BCUT2D eigenvalue weighted by Gasteiger charge is 2.34. The van der Waals surface area contributed by atoms with E-state index in [-0.39, 0.29) is 11.1 Å². The van der Waals surface area contributed by atoms with E-state index >= 15 is 0 Å². The highest BCUT2D eigenvalue weighted by Crippen LogP contribution is 2.23. The zero-order valence-corrected chi connectivity index (χ0v) is 15.2.